The van der Waals surface area contributed by atoms with Crippen molar-refractivity contribution in [2.45, 2.75) is 24.4 Å². The van der Waals surface area contributed by atoms with E-state index in [0.717, 1.165) is 5.56 Å². The van der Waals surface area contributed by atoms with Gasteiger partial charge in [-0.05, 0) is 27.5 Å². The quantitative estimate of drug-likeness (QED) is 0.233. The fourth-order valence-corrected chi connectivity index (χ4v) is 3.24. The molecule has 8 nitrogen and oxygen atoms in total. The molecule has 0 fully saturated rings. The van der Waals surface area contributed by atoms with Gasteiger partial charge >= 0.3 is 0 Å². The molecule has 1 aliphatic carbocycles. The van der Waals surface area contributed by atoms with E-state index in [1.165, 1.54) is 24.8 Å². The summed E-state index contributed by atoms with van der Waals surface area (Å²) in [5.41, 5.74) is 3.69. The Balaban J connectivity index is 1.72. The first-order chi connectivity index (χ1) is 12.1. The minimum Gasteiger partial charge on any atom is -0.356 e. The monoisotopic (exact) mass is 365 g/mol. The van der Waals surface area contributed by atoms with Crippen LogP contribution in [0.4, 0.5) is 4.39 Å². The summed E-state index contributed by atoms with van der Waals surface area (Å²) in [7, 11) is 0. The molecule has 2 aromatic rings. The Morgan fingerprint density at radius 2 is 2.36 bits per heavy atom. The molecule has 0 saturated heterocycles. The van der Waals surface area contributed by atoms with Crippen molar-refractivity contribution in [1.82, 2.24) is 21.1 Å². The molecular weight excluding hydrogens is 349 g/mol. The predicted octanol–water partition coefficient (Wildman–Crippen LogP) is 1.46. The van der Waals surface area contributed by atoms with Crippen LogP contribution in [-0.4, -0.2) is 39.6 Å². The number of fused-ring (bicyclic) bond motifs is 1. The molecule has 3 rings (SSSR count). The number of aliphatic imine (C=N–C) groups is 1. The highest BCUT2D eigenvalue weighted by Gasteiger charge is 2.30. The van der Waals surface area contributed by atoms with Crippen LogP contribution in [0.5, 0.6) is 0 Å². The number of hydrogen-bond acceptors (Lipinski definition) is 7. The number of aromatic nitrogens is 2. The lowest BCUT2D eigenvalue weighted by Gasteiger charge is -2.27. The average Bonchev–Trinajstić information content (AvgIpc) is 3.02. The van der Waals surface area contributed by atoms with Crippen molar-refractivity contribution in [3.05, 3.63) is 40.8 Å². The highest BCUT2D eigenvalue weighted by molar-refractivity contribution is 7.99. The van der Waals surface area contributed by atoms with Gasteiger partial charge in [-0.2, -0.15) is 0 Å². The number of benzene rings is 1. The molecule has 0 spiro atoms. The zero-order valence-corrected chi connectivity index (χ0v) is 14.1. The summed E-state index contributed by atoms with van der Waals surface area (Å²) in [6.07, 6.45) is 0.448. The van der Waals surface area contributed by atoms with E-state index in [1.807, 2.05) is 5.48 Å². The average molecular weight is 365 g/mol. The second-order valence-electron chi connectivity index (χ2n) is 5.37. The smallest absolute Gasteiger partial charge is 0.216 e. The van der Waals surface area contributed by atoms with Gasteiger partial charge in [0.25, 0.3) is 0 Å². The number of halogens is 1. The second kappa shape index (κ2) is 7.62. The number of carbonyl (C=O) groups is 1. The molecule has 0 radical (unpaired) electrons. The largest absolute Gasteiger partial charge is 0.356 e. The zero-order chi connectivity index (χ0) is 17.8. The molecular formula is C15H16FN5O3S. The van der Waals surface area contributed by atoms with E-state index in [2.05, 4.69) is 20.6 Å². The number of thioether (sulfide) groups is 1. The molecule has 1 atom stereocenters. The molecule has 0 saturated carbocycles. The lowest BCUT2D eigenvalue weighted by atomic mass is 9.83. The molecule has 132 valence electrons. The van der Waals surface area contributed by atoms with Crippen molar-refractivity contribution in [3.8, 4) is 0 Å². The Bertz CT molecular complexity index is 810. The maximum absolute atomic E-state index is 13.6. The number of amides is 1. The SMILES string of the molecule is CC(=O)NCCSc1nonc1C(=N[C@@H]1Cc2c(F)cccc21)NO. The second-order valence-corrected chi connectivity index (χ2v) is 6.45. The van der Waals surface area contributed by atoms with Crippen molar-refractivity contribution in [1.29, 1.82) is 0 Å². The first kappa shape index (κ1) is 17.4. The Labute approximate surface area is 146 Å². The first-order valence-electron chi connectivity index (χ1n) is 7.55. The van der Waals surface area contributed by atoms with Gasteiger partial charge in [0, 0.05) is 25.6 Å². The van der Waals surface area contributed by atoms with Crippen LogP contribution in [0.25, 0.3) is 0 Å². The van der Waals surface area contributed by atoms with Gasteiger partial charge in [0.1, 0.15) is 5.82 Å². The van der Waals surface area contributed by atoms with Crippen molar-refractivity contribution in [2.24, 2.45) is 4.99 Å². The van der Waals surface area contributed by atoms with Crippen molar-refractivity contribution < 1.29 is 19.0 Å². The molecule has 1 heterocycles. The van der Waals surface area contributed by atoms with Gasteiger partial charge in [-0.1, -0.05) is 23.9 Å². The van der Waals surface area contributed by atoms with Crippen LogP contribution in [0, 0.1) is 5.82 Å². The molecule has 25 heavy (non-hydrogen) atoms. The Morgan fingerprint density at radius 3 is 3.12 bits per heavy atom. The minimum atomic E-state index is -0.269. The maximum atomic E-state index is 13.6. The molecule has 0 unspecified atom stereocenters. The van der Waals surface area contributed by atoms with E-state index in [0.29, 0.717) is 29.3 Å². The standard InChI is InChI=1S/C15H16FN5O3S/c1-8(22)17-5-6-25-15-13(20-24-21-15)14(19-23)18-12-7-10-9(12)3-2-4-11(10)16/h2-4,12,23H,5-7H2,1H3,(H,17,22)(H,18,19)/t12-/m1/s1. The number of amidine groups is 1. The van der Waals surface area contributed by atoms with Crippen molar-refractivity contribution in [2.75, 3.05) is 12.3 Å². The summed E-state index contributed by atoms with van der Waals surface area (Å²) in [6, 6.07) is 4.57. The number of carbonyl (C=O) groups excluding carboxylic acids is 1. The molecule has 0 bridgehead atoms. The Kier molecular flexibility index (Phi) is 5.29. The van der Waals surface area contributed by atoms with Crippen LogP contribution in [0.3, 0.4) is 0 Å². The molecule has 1 aliphatic rings. The van der Waals surface area contributed by atoms with E-state index < -0.39 is 0 Å². The summed E-state index contributed by atoms with van der Waals surface area (Å²) in [6.45, 7) is 1.90. The minimum absolute atomic E-state index is 0.100. The third kappa shape index (κ3) is 3.80. The van der Waals surface area contributed by atoms with Gasteiger partial charge in [-0.25, -0.2) is 9.02 Å². The van der Waals surface area contributed by atoms with E-state index in [-0.39, 0.29) is 29.3 Å². The summed E-state index contributed by atoms with van der Waals surface area (Å²) in [5.74, 6) is 0.286. The van der Waals surface area contributed by atoms with E-state index in [4.69, 9.17) is 4.63 Å². The number of hydroxylamine groups is 1. The first-order valence-corrected chi connectivity index (χ1v) is 8.54. The topological polar surface area (TPSA) is 113 Å². The number of nitrogens with zero attached hydrogens (tertiary/aromatic N) is 3. The fraction of sp³-hybridized carbons (Fsp3) is 0.333. The number of hydrogen-bond donors (Lipinski definition) is 3. The van der Waals surface area contributed by atoms with E-state index >= 15 is 0 Å². The van der Waals surface area contributed by atoms with Gasteiger partial charge in [0.05, 0.1) is 6.04 Å². The summed E-state index contributed by atoms with van der Waals surface area (Å²) in [5, 5.41) is 20.1. The zero-order valence-electron chi connectivity index (χ0n) is 13.3. The maximum Gasteiger partial charge on any atom is 0.216 e. The summed E-state index contributed by atoms with van der Waals surface area (Å²) >= 11 is 1.31. The van der Waals surface area contributed by atoms with Gasteiger partial charge in [-0.3, -0.25) is 20.5 Å². The van der Waals surface area contributed by atoms with E-state index in [1.54, 1.807) is 12.1 Å². The lowest BCUT2D eigenvalue weighted by Crippen LogP contribution is -2.26. The van der Waals surface area contributed by atoms with Crippen molar-refractivity contribution in [3.63, 3.8) is 0 Å². The van der Waals surface area contributed by atoms with Gasteiger partial charge in [-0.15, -0.1) is 0 Å². The van der Waals surface area contributed by atoms with Crippen LogP contribution in [0.2, 0.25) is 0 Å². The van der Waals surface area contributed by atoms with Gasteiger partial charge in [0.15, 0.2) is 16.6 Å². The van der Waals surface area contributed by atoms with Crippen LogP contribution in [0.15, 0.2) is 32.8 Å². The highest BCUT2D eigenvalue weighted by atomic mass is 32.2. The Morgan fingerprint density at radius 1 is 1.52 bits per heavy atom. The fourth-order valence-electron chi connectivity index (χ4n) is 2.48. The Hall–Kier alpha value is -2.46. The predicted molar refractivity (Wildman–Crippen MR) is 88.0 cm³/mol. The van der Waals surface area contributed by atoms with Crippen LogP contribution < -0.4 is 10.8 Å². The normalized spacial score (nSPS) is 16.1. The summed E-state index contributed by atoms with van der Waals surface area (Å²) in [4.78, 5) is 15.2. The third-order valence-corrected chi connectivity index (χ3v) is 4.65. The molecule has 3 N–H and O–H groups in total. The highest BCUT2D eigenvalue weighted by Crippen LogP contribution is 2.38. The van der Waals surface area contributed by atoms with Gasteiger partial charge < -0.3 is 5.32 Å². The number of nitrogens with one attached hydrogen (secondary N) is 2. The molecule has 1 amide bonds. The van der Waals surface area contributed by atoms with Crippen LogP contribution >= 0.6 is 11.8 Å². The molecule has 1 aromatic heterocycles. The van der Waals surface area contributed by atoms with E-state index in [9.17, 15) is 14.4 Å². The van der Waals surface area contributed by atoms with Crippen molar-refractivity contribution >= 4 is 23.5 Å². The van der Waals surface area contributed by atoms with Crippen LogP contribution in [0.1, 0.15) is 29.8 Å². The van der Waals surface area contributed by atoms with Gasteiger partial charge in [0.2, 0.25) is 5.91 Å². The molecule has 1 aromatic carbocycles. The summed E-state index contributed by atoms with van der Waals surface area (Å²) < 4.78 is 18.3. The van der Waals surface area contributed by atoms with Crippen LogP contribution in [-0.2, 0) is 11.2 Å². The number of rotatable bonds is 6. The lowest BCUT2D eigenvalue weighted by molar-refractivity contribution is -0.118. The third-order valence-electron chi connectivity index (χ3n) is 3.70. The molecule has 0 aliphatic heterocycles. The molecule has 10 heteroatoms.